The Morgan fingerprint density at radius 2 is 1.48 bits per heavy atom. The highest BCUT2D eigenvalue weighted by Gasteiger charge is 2.29. The number of carboxylic acid groups (broad SMARTS) is 1. The van der Waals surface area contributed by atoms with Gasteiger partial charge in [0, 0.05) is 5.75 Å². The van der Waals surface area contributed by atoms with Crippen molar-refractivity contribution >= 4 is 36.3 Å². The number of hydrogen-bond acceptors (Lipinski definition) is 6. The molecule has 3 amide bonds. The van der Waals surface area contributed by atoms with E-state index in [2.05, 4.69) is 28.6 Å². The summed E-state index contributed by atoms with van der Waals surface area (Å²) >= 11 is 3.96. The van der Waals surface area contributed by atoms with Crippen LogP contribution < -0.4 is 21.7 Å². The first kappa shape index (κ1) is 25.2. The van der Waals surface area contributed by atoms with Crippen LogP contribution in [0.3, 0.4) is 0 Å². The summed E-state index contributed by atoms with van der Waals surface area (Å²) in [5.74, 6) is -3.08. The quantitative estimate of drug-likeness (QED) is 0.242. The fourth-order valence-corrected chi connectivity index (χ4v) is 2.40. The maximum absolute atomic E-state index is 12.4. The molecule has 5 atom stereocenters. The zero-order valence-corrected chi connectivity index (χ0v) is 17.2. The predicted molar refractivity (Wildman–Crippen MR) is 105 cm³/mol. The highest BCUT2D eigenvalue weighted by atomic mass is 32.1. The molecule has 5 unspecified atom stereocenters. The van der Waals surface area contributed by atoms with Crippen LogP contribution in [0.15, 0.2) is 0 Å². The number of amides is 3. The third-order valence-corrected chi connectivity index (χ3v) is 4.94. The zero-order valence-electron chi connectivity index (χ0n) is 16.3. The molecule has 27 heavy (non-hydrogen) atoms. The van der Waals surface area contributed by atoms with Crippen molar-refractivity contribution in [3.63, 3.8) is 0 Å². The Morgan fingerprint density at radius 3 is 1.93 bits per heavy atom. The van der Waals surface area contributed by atoms with Gasteiger partial charge in [0.05, 0.1) is 12.6 Å². The first-order chi connectivity index (χ1) is 12.6. The van der Waals surface area contributed by atoms with Crippen molar-refractivity contribution < 1.29 is 24.3 Å². The molecule has 0 spiro atoms. The van der Waals surface area contributed by atoms with E-state index in [0.29, 0.717) is 12.8 Å². The molecular formula is C17H32N4O5S. The predicted octanol–water partition coefficient (Wildman–Crippen LogP) is -0.494. The summed E-state index contributed by atoms with van der Waals surface area (Å²) < 4.78 is 0. The van der Waals surface area contributed by atoms with Gasteiger partial charge in [0.1, 0.15) is 12.1 Å². The Morgan fingerprint density at radius 1 is 0.963 bits per heavy atom. The summed E-state index contributed by atoms with van der Waals surface area (Å²) in [6, 6.07) is -2.73. The molecule has 0 aliphatic rings. The van der Waals surface area contributed by atoms with Gasteiger partial charge in [-0.1, -0.05) is 40.5 Å². The summed E-state index contributed by atoms with van der Waals surface area (Å²) in [6.45, 7) is 6.81. The summed E-state index contributed by atoms with van der Waals surface area (Å²) in [6.07, 6.45) is 1.20. The zero-order chi connectivity index (χ0) is 21.1. The first-order valence-corrected chi connectivity index (χ1v) is 9.68. The van der Waals surface area contributed by atoms with Gasteiger partial charge >= 0.3 is 5.97 Å². The molecular weight excluding hydrogens is 372 g/mol. The number of rotatable bonds is 12. The third kappa shape index (κ3) is 8.61. The van der Waals surface area contributed by atoms with Crippen molar-refractivity contribution in [2.75, 3.05) is 12.3 Å². The maximum Gasteiger partial charge on any atom is 0.326 e. The van der Waals surface area contributed by atoms with E-state index in [1.807, 2.05) is 13.8 Å². The monoisotopic (exact) mass is 404 g/mol. The van der Waals surface area contributed by atoms with Crippen molar-refractivity contribution in [2.45, 2.75) is 58.7 Å². The van der Waals surface area contributed by atoms with Crippen LogP contribution in [0, 0.1) is 11.8 Å². The average Bonchev–Trinajstić information content (AvgIpc) is 2.65. The fraction of sp³-hybridized carbons (Fsp3) is 0.765. The summed E-state index contributed by atoms with van der Waals surface area (Å²) in [5.41, 5.74) is 5.61. The SMILES string of the molecule is CCC(C)C(NC(=O)CNC(=O)C(NC(=O)C(N)CS)C(C)CC)C(=O)O. The minimum Gasteiger partial charge on any atom is -0.480 e. The number of carbonyl (C=O) groups is 4. The van der Waals surface area contributed by atoms with Gasteiger partial charge in [0.2, 0.25) is 17.7 Å². The Kier molecular flexibility index (Phi) is 11.7. The molecule has 0 aromatic rings. The molecule has 0 rings (SSSR count). The fourth-order valence-electron chi connectivity index (χ4n) is 2.23. The van der Waals surface area contributed by atoms with Gasteiger partial charge in [-0.05, 0) is 11.8 Å². The lowest BCUT2D eigenvalue weighted by molar-refractivity contribution is -0.143. The smallest absolute Gasteiger partial charge is 0.326 e. The van der Waals surface area contributed by atoms with Crippen molar-refractivity contribution in [3.8, 4) is 0 Å². The Balaban J connectivity index is 4.86. The largest absolute Gasteiger partial charge is 0.480 e. The van der Waals surface area contributed by atoms with E-state index in [-0.39, 0.29) is 24.1 Å². The number of thiol groups is 1. The van der Waals surface area contributed by atoms with Gasteiger partial charge in [0.25, 0.3) is 0 Å². The second kappa shape index (κ2) is 12.6. The molecule has 0 aromatic heterocycles. The maximum atomic E-state index is 12.4. The summed E-state index contributed by atoms with van der Waals surface area (Å²) in [7, 11) is 0. The number of nitrogens with two attached hydrogens (primary N) is 1. The minimum absolute atomic E-state index is 0.134. The van der Waals surface area contributed by atoms with Gasteiger partial charge in [-0.25, -0.2) is 4.79 Å². The third-order valence-electron chi connectivity index (χ3n) is 4.55. The lowest BCUT2D eigenvalue weighted by Gasteiger charge is -2.25. The molecule has 0 aliphatic heterocycles. The molecule has 9 nitrogen and oxygen atoms in total. The molecule has 0 fully saturated rings. The molecule has 0 bridgehead atoms. The highest BCUT2D eigenvalue weighted by molar-refractivity contribution is 7.80. The van der Waals surface area contributed by atoms with Gasteiger partial charge in [0.15, 0.2) is 0 Å². The topological polar surface area (TPSA) is 151 Å². The summed E-state index contributed by atoms with van der Waals surface area (Å²) in [4.78, 5) is 47.7. The van der Waals surface area contributed by atoms with E-state index >= 15 is 0 Å². The number of aliphatic carboxylic acids is 1. The van der Waals surface area contributed by atoms with Crippen molar-refractivity contribution in [3.05, 3.63) is 0 Å². The molecule has 0 saturated carbocycles. The van der Waals surface area contributed by atoms with E-state index < -0.39 is 41.8 Å². The molecule has 0 aliphatic carbocycles. The number of hydrogen-bond donors (Lipinski definition) is 6. The van der Waals surface area contributed by atoms with E-state index in [0.717, 1.165) is 0 Å². The summed E-state index contributed by atoms with van der Waals surface area (Å²) in [5, 5.41) is 16.6. The van der Waals surface area contributed by atoms with Crippen molar-refractivity contribution in [2.24, 2.45) is 17.6 Å². The van der Waals surface area contributed by atoms with E-state index in [1.165, 1.54) is 0 Å². The van der Waals surface area contributed by atoms with Gasteiger partial charge in [-0.3, -0.25) is 14.4 Å². The van der Waals surface area contributed by atoms with Crippen LogP contribution in [-0.2, 0) is 19.2 Å². The second-order valence-corrected chi connectivity index (χ2v) is 7.01. The van der Waals surface area contributed by atoms with Gasteiger partial charge in [-0.15, -0.1) is 0 Å². The minimum atomic E-state index is -1.13. The second-order valence-electron chi connectivity index (χ2n) is 6.65. The first-order valence-electron chi connectivity index (χ1n) is 9.05. The molecule has 10 heteroatoms. The Bertz CT molecular complexity index is 531. The van der Waals surface area contributed by atoms with E-state index in [9.17, 15) is 24.3 Å². The molecule has 0 heterocycles. The number of carbonyl (C=O) groups excluding carboxylic acids is 3. The van der Waals surface area contributed by atoms with Crippen LogP contribution in [0.5, 0.6) is 0 Å². The lowest BCUT2D eigenvalue weighted by atomic mass is 9.98. The molecule has 0 saturated heterocycles. The van der Waals surface area contributed by atoms with Crippen molar-refractivity contribution in [1.82, 2.24) is 16.0 Å². The van der Waals surface area contributed by atoms with E-state index in [1.54, 1.807) is 13.8 Å². The van der Waals surface area contributed by atoms with Gasteiger partial charge in [-0.2, -0.15) is 12.6 Å². The van der Waals surface area contributed by atoms with Crippen molar-refractivity contribution in [1.29, 1.82) is 0 Å². The Labute approximate surface area is 165 Å². The normalized spacial score (nSPS) is 16.4. The number of carboxylic acids is 1. The molecule has 156 valence electrons. The van der Waals surface area contributed by atoms with Crippen LogP contribution in [0.4, 0.5) is 0 Å². The van der Waals surface area contributed by atoms with Gasteiger partial charge < -0.3 is 26.8 Å². The van der Waals surface area contributed by atoms with Crippen LogP contribution in [0.1, 0.15) is 40.5 Å². The molecule has 0 radical (unpaired) electrons. The highest BCUT2D eigenvalue weighted by Crippen LogP contribution is 2.09. The number of nitrogens with one attached hydrogen (secondary N) is 3. The standard InChI is InChI=1S/C17H32N4O5S/c1-5-9(3)13(21-15(23)11(18)8-27)16(24)19-7-12(22)20-14(17(25)26)10(4)6-2/h9-11,13-14,27H,5-8,18H2,1-4H3,(H,19,24)(H,20,22)(H,21,23)(H,25,26). The van der Waals surface area contributed by atoms with E-state index in [4.69, 9.17) is 5.73 Å². The Hall–Kier alpha value is -1.81. The van der Waals surface area contributed by atoms with Crippen LogP contribution >= 0.6 is 12.6 Å². The van der Waals surface area contributed by atoms with Crippen LogP contribution in [0.25, 0.3) is 0 Å². The molecule has 0 aromatic carbocycles. The van der Waals surface area contributed by atoms with Crippen LogP contribution in [-0.4, -0.2) is 59.2 Å². The lowest BCUT2D eigenvalue weighted by Crippen LogP contribution is -2.56. The molecule has 6 N–H and O–H groups in total. The average molecular weight is 405 g/mol. The van der Waals surface area contributed by atoms with Crippen LogP contribution in [0.2, 0.25) is 0 Å².